The first-order valence-corrected chi connectivity index (χ1v) is 8.84. The van der Waals surface area contributed by atoms with E-state index in [2.05, 4.69) is 10.6 Å². The highest BCUT2D eigenvalue weighted by Crippen LogP contribution is 2.27. The van der Waals surface area contributed by atoms with E-state index in [1.165, 1.54) is 0 Å². The molecule has 0 spiro atoms. The van der Waals surface area contributed by atoms with Gasteiger partial charge in [0.25, 0.3) is 0 Å². The van der Waals surface area contributed by atoms with E-state index in [9.17, 15) is 9.59 Å². The van der Waals surface area contributed by atoms with Crippen molar-refractivity contribution in [1.82, 2.24) is 5.32 Å². The van der Waals surface area contributed by atoms with Crippen molar-refractivity contribution in [1.29, 1.82) is 0 Å². The number of hydrogen-bond donors (Lipinski definition) is 2. The Balaban J connectivity index is 1.79. The van der Waals surface area contributed by atoms with Crippen LogP contribution >= 0.6 is 11.6 Å². The number of methoxy groups -OCH3 is 2. The molecule has 0 unspecified atom stereocenters. The van der Waals surface area contributed by atoms with Crippen LogP contribution in [0.5, 0.6) is 11.5 Å². The molecule has 0 bridgehead atoms. The largest absolute Gasteiger partial charge is 0.493 e. The second kappa shape index (κ2) is 9.83. The zero-order valence-corrected chi connectivity index (χ0v) is 16.4. The summed E-state index contributed by atoms with van der Waals surface area (Å²) in [5.74, 6) is 0.585. The van der Waals surface area contributed by atoms with Gasteiger partial charge >= 0.3 is 0 Å². The Bertz CT molecular complexity index is 824. The minimum Gasteiger partial charge on any atom is -0.493 e. The standard InChI is InChI=1S/C20H23ClN2O4/c1-13-10-15(21)5-6-16(13)23-20(25)12-19(24)22-9-8-14-4-7-17(26-2)18(11-14)27-3/h4-7,10-11H,8-9,12H2,1-3H3,(H,22,24)(H,23,25). The molecule has 6 nitrogen and oxygen atoms in total. The lowest BCUT2D eigenvalue weighted by Crippen LogP contribution is -2.29. The SMILES string of the molecule is COc1ccc(CCNC(=O)CC(=O)Nc2ccc(Cl)cc2C)cc1OC. The van der Waals surface area contributed by atoms with Crippen molar-refractivity contribution < 1.29 is 19.1 Å². The van der Waals surface area contributed by atoms with Gasteiger partial charge in [0.1, 0.15) is 6.42 Å². The van der Waals surface area contributed by atoms with Gasteiger partial charge in [-0.2, -0.15) is 0 Å². The normalized spacial score (nSPS) is 10.2. The van der Waals surface area contributed by atoms with Crippen LogP contribution in [0.4, 0.5) is 5.69 Å². The van der Waals surface area contributed by atoms with Crippen LogP contribution < -0.4 is 20.1 Å². The fraction of sp³-hybridized carbons (Fsp3) is 0.300. The zero-order valence-electron chi connectivity index (χ0n) is 15.6. The lowest BCUT2D eigenvalue weighted by molar-refractivity contribution is -0.126. The molecule has 2 rings (SSSR count). The van der Waals surface area contributed by atoms with Gasteiger partial charge in [0.2, 0.25) is 11.8 Å². The molecule has 144 valence electrons. The van der Waals surface area contributed by atoms with Crippen LogP contribution in [0.1, 0.15) is 17.5 Å². The lowest BCUT2D eigenvalue weighted by atomic mass is 10.1. The molecule has 0 aliphatic carbocycles. The fourth-order valence-corrected chi connectivity index (χ4v) is 2.78. The van der Waals surface area contributed by atoms with E-state index >= 15 is 0 Å². The maximum atomic E-state index is 12.0. The summed E-state index contributed by atoms with van der Waals surface area (Å²) in [6.07, 6.45) is 0.373. The molecule has 0 saturated carbocycles. The summed E-state index contributed by atoms with van der Waals surface area (Å²) in [5.41, 5.74) is 2.47. The molecule has 2 aromatic carbocycles. The minimum absolute atomic E-state index is 0.242. The van der Waals surface area contributed by atoms with Gasteiger partial charge in [-0.1, -0.05) is 17.7 Å². The van der Waals surface area contributed by atoms with Gasteiger partial charge in [0.15, 0.2) is 11.5 Å². The van der Waals surface area contributed by atoms with Crippen molar-refractivity contribution in [2.75, 3.05) is 26.1 Å². The molecule has 0 aliphatic rings. The molecule has 0 radical (unpaired) electrons. The number of halogens is 1. The molecule has 2 N–H and O–H groups in total. The van der Waals surface area contributed by atoms with E-state index in [4.69, 9.17) is 21.1 Å². The van der Waals surface area contributed by atoms with Crippen LogP contribution in [0.2, 0.25) is 5.02 Å². The highest BCUT2D eigenvalue weighted by molar-refractivity contribution is 6.30. The van der Waals surface area contributed by atoms with E-state index in [1.54, 1.807) is 32.4 Å². The third-order valence-corrected chi connectivity index (χ3v) is 4.20. The van der Waals surface area contributed by atoms with Crippen molar-refractivity contribution in [3.05, 3.63) is 52.5 Å². The third-order valence-electron chi connectivity index (χ3n) is 3.97. The topological polar surface area (TPSA) is 76.7 Å². The number of benzene rings is 2. The van der Waals surface area contributed by atoms with Crippen LogP contribution in [0, 0.1) is 6.92 Å². The van der Waals surface area contributed by atoms with Crippen LogP contribution in [0.25, 0.3) is 0 Å². The molecule has 0 fully saturated rings. The summed E-state index contributed by atoms with van der Waals surface area (Å²) in [5, 5.41) is 6.06. The van der Waals surface area contributed by atoms with Crippen molar-refractivity contribution in [3.63, 3.8) is 0 Å². The average molecular weight is 391 g/mol. The first-order valence-electron chi connectivity index (χ1n) is 8.46. The Morgan fingerprint density at radius 1 is 1.00 bits per heavy atom. The number of nitrogens with one attached hydrogen (secondary N) is 2. The molecule has 0 heterocycles. The van der Waals surface area contributed by atoms with E-state index in [0.717, 1.165) is 11.1 Å². The Hall–Kier alpha value is -2.73. The third kappa shape index (κ3) is 6.18. The first kappa shape index (κ1) is 20.6. The number of carbonyl (C=O) groups is 2. The molecule has 2 aromatic rings. The van der Waals surface area contributed by atoms with Crippen molar-refractivity contribution in [2.24, 2.45) is 0 Å². The number of anilines is 1. The van der Waals surface area contributed by atoms with E-state index < -0.39 is 0 Å². The summed E-state index contributed by atoms with van der Waals surface area (Å²) in [6, 6.07) is 10.7. The molecular formula is C20H23ClN2O4. The Kier molecular flexibility index (Phi) is 7.49. The Morgan fingerprint density at radius 2 is 1.74 bits per heavy atom. The number of carbonyl (C=O) groups excluding carboxylic acids is 2. The van der Waals surface area contributed by atoms with Crippen LogP contribution in [0.15, 0.2) is 36.4 Å². The Labute approximate surface area is 163 Å². The highest BCUT2D eigenvalue weighted by atomic mass is 35.5. The fourth-order valence-electron chi connectivity index (χ4n) is 2.55. The molecule has 2 amide bonds. The van der Waals surface area contributed by atoms with Crippen LogP contribution in [0.3, 0.4) is 0 Å². The average Bonchev–Trinajstić information content (AvgIpc) is 2.63. The molecule has 7 heteroatoms. The summed E-state index contributed by atoms with van der Waals surface area (Å²) in [6.45, 7) is 2.26. The van der Waals surface area contributed by atoms with E-state index in [-0.39, 0.29) is 18.2 Å². The van der Waals surface area contributed by atoms with Gasteiger partial charge in [0, 0.05) is 17.3 Å². The molecule has 0 aliphatic heterocycles. The first-order chi connectivity index (χ1) is 12.9. The highest BCUT2D eigenvalue weighted by Gasteiger charge is 2.11. The minimum atomic E-state index is -0.371. The van der Waals surface area contributed by atoms with Gasteiger partial charge in [-0.15, -0.1) is 0 Å². The van der Waals surface area contributed by atoms with Crippen LogP contribution in [-0.2, 0) is 16.0 Å². The molecule has 27 heavy (non-hydrogen) atoms. The smallest absolute Gasteiger partial charge is 0.233 e. The van der Waals surface area contributed by atoms with Crippen molar-refractivity contribution >= 4 is 29.1 Å². The summed E-state index contributed by atoms with van der Waals surface area (Å²) < 4.78 is 10.5. The summed E-state index contributed by atoms with van der Waals surface area (Å²) in [4.78, 5) is 24.0. The van der Waals surface area contributed by atoms with E-state index in [1.807, 2.05) is 25.1 Å². The zero-order chi connectivity index (χ0) is 19.8. The molecule has 0 atom stereocenters. The van der Waals surface area contributed by atoms with Gasteiger partial charge in [-0.25, -0.2) is 0 Å². The van der Waals surface area contributed by atoms with Gasteiger partial charge in [-0.05, 0) is 54.8 Å². The summed E-state index contributed by atoms with van der Waals surface area (Å²) >= 11 is 5.89. The predicted molar refractivity (Wildman–Crippen MR) is 106 cm³/mol. The van der Waals surface area contributed by atoms with Gasteiger partial charge in [0.05, 0.1) is 14.2 Å². The van der Waals surface area contributed by atoms with E-state index in [0.29, 0.717) is 35.2 Å². The quantitative estimate of drug-likeness (QED) is 0.677. The number of hydrogen-bond acceptors (Lipinski definition) is 4. The second-order valence-electron chi connectivity index (χ2n) is 5.97. The molecule has 0 saturated heterocycles. The number of amides is 2. The monoisotopic (exact) mass is 390 g/mol. The predicted octanol–water partition coefficient (Wildman–Crippen LogP) is 3.35. The van der Waals surface area contributed by atoms with Gasteiger partial charge < -0.3 is 20.1 Å². The van der Waals surface area contributed by atoms with Crippen LogP contribution in [-0.4, -0.2) is 32.6 Å². The van der Waals surface area contributed by atoms with Gasteiger partial charge in [-0.3, -0.25) is 9.59 Å². The van der Waals surface area contributed by atoms with Crippen molar-refractivity contribution in [2.45, 2.75) is 19.8 Å². The summed E-state index contributed by atoms with van der Waals surface area (Å²) in [7, 11) is 3.15. The maximum absolute atomic E-state index is 12.0. The lowest BCUT2D eigenvalue weighted by Gasteiger charge is -2.11. The maximum Gasteiger partial charge on any atom is 0.233 e. The number of ether oxygens (including phenoxy) is 2. The van der Waals surface area contributed by atoms with Crippen molar-refractivity contribution in [3.8, 4) is 11.5 Å². The molecule has 0 aromatic heterocycles. The number of rotatable bonds is 8. The molecular weight excluding hydrogens is 368 g/mol. The second-order valence-corrected chi connectivity index (χ2v) is 6.41. The number of aryl methyl sites for hydroxylation is 1. The Morgan fingerprint density at radius 3 is 2.41 bits per heavy atom.